The SMILES string of the molecule is C=C/C(O)=C(\C=C)c1nc(NC[C@H](C)N)c2ccccc2n1. The summed E-state index contributed by atoms with van der Waals surface area (Å²) in [4.78, 5) is 8.98. The van der Waals surface area contributed by atoms with E-state index in [0.717, 1.165) is 10.9 Å². The first-order valence-electron chi connectivity index (χ1n) is 7.01. The summed E-state index contributed by atoms with van der Waals surface area (Å²) in [6, 6.07) is 7.65. The number of aliphatic hydroxyl groups excluding tert-OH is 1. The van der Waals surface area contributed by atoms with Crippen LogP contribution in [0.3, 0.4) is 0 Å². The summed E-state index contributed by atoms with van der Waals surface area (Å²) in [6.07, 6.45) is 2.85. The van der Waals surface area contributed by atoms with Crippen molar-refractivity contribution in [2.45, 2.75) is 13.0 Å². The predicted octanol–water partition coefficient (Wildman–Crippen LogP) is 3.03. The van der Waals surface area contributed by atoms with E-state index in [2.05, 4.69) is 28.4 Å². The number of nitrogens with two attached hydrogens (primary N) is 1. The van der Waals surface area contributed by atoms with Gasteiger partial charge in [-0.05, 0) is 25.1 Å². The number of aromatic nitrogens is 2. The van der Waals surface area contributed by atoms with E-state index in [1.54, 1.807) is 0 Å². The van der Waals surface area contributed by atoms with Crippen molar-refractivity contribution in [2.24, 2.45) is 5.73 Å². The molecule has 1 aromatic heterocycles. The summed E-state index contributed by atoms with van der Waals surface area (Å²) in [5.41, 5.74) is 7.00. The van der Waals surface area contributed by atoms with Gasteiger partial charge in [-0.2, -0.15) is 0 Å². The number of anilines is 1. The Labute approximate surface area is 129 Å². The van der Waals surface area contributed by atoms with Gasteiger partial charge in [0, 0.05) is 18.0 Å². The van der Waals surface area contributed by atoms with Gasteiger partial charge in [0.15, 0.2) is 5.82 Å². The van der Waals surface area contributed by atoms with Crippen molar-refractivity contribution in [3.05, 3.63) is 61.2 Å². The Morgan fingerprint density at radius 1 is 1.32 bits per heavy atom. The van der Waals surface area contributed by atoms with Crippen LogP contribution in [0.2, 0.25) is 0 Å². The van der Waals surface area contributed by atoms with Crippen LogP contribution in [0, 0.1) is 0 Å². The molecular formula is C17H20N4O. The molecule has 0 spiro atoms. The number of benzene rings is 1. The highest BCUT2D eigenvalue weighted by atomic mass is 16.3. The highest BCUT2D eigenvalue weighted by molar-refractivity contribution is 5.90. The molecular weight excluding hydrogens is 276 g/mol. The monoisotopic (exact) mass is 296 g/mol. The Balaban J connectivity index is 2.62. The Morgan fingerprint density at radius 3 is 2.68 bits per heavy atom. The Bertz CT molecular complexity index is 735. The number of nitrogens with one attached hydrogen (secondary N) is 1. The van der Waals surface area contributed by atoms with Gasteiger partial charge < -0.3 is 16.2 Å². The molecule has 2 aromatic rings. The van der Waals surface area contributed by atoms with E-state index in [9.17, 15) is 5.11 Å². The average Bonchev–Trinajstić information content (AvgIpc) is 2.53. The molecule has 0 unspecified atom stereocenters. The van der Waals surface area contributed by atoms with Crippen LogP contribution in [0.15, 0.2) is 55.3 Å². The molecule has 0 bridgehead atoms. The Morgan fingerprint density at radius 2 is 2.05 bits per heavy atom. The van der Waals surface area contributed by atoms with Gasteiger partial charge in [0.05, 0.1) is 11.1 Å². The zero-order chi connectivity index (χ0) is 16.1. The van der Waals surface area contributed by atoms with Gasteiger partial charge in [-0.15, -0.1) is 0 Å². The highest BCUT2D eigenvalue weighted by Gasteiger charge is 2.12. The highest BCUT2D eigenvalue weighted by Crippen LogP contribution is 2.24. The summed E-state index contributed by atoms with van der Waals surface area (Å²) < 4.78 is 0. The van der Waals surface area contributed by atoms with E-state index in [1.807, 2.05) is 31.2 Å². The van der Waals surface area contributed by atoms with Crippen LogP contribution in [-0.2, 0) is 0 Å². The minimum atomic E-state index is -0.0107. The van der Waals surface area contributed by atoms with Crippen LogP contribution < -0.4 is 11.1 Å². The normalized spacial score (nSPS) is 13.4. The third-order valence-electron chi connectivity index (χ3n) is 3.11. The summed E-state index contributed by atoms with van der Waals surface area (Å²) in [7, 11) is 0. The van der Waals surface area contributed by atoms with Gasteiger partial charge in [-0.25, -0.2) is 9.97 Å². The summed E-state index contributed by atoms with van der Waals surface area (Å²) in [6.45, 7) is 9.76. The van der Waals surface area contributed by atoms with Crippen LogP contribution in [0.25, 0.3) is 16.5 Å². The van der Waals surface area contributed by atoms with Gasteiger partial charge in [0.1, 0.15) is 11.6 Å². The van der Waals surface area contributed by atoms with Crippen LogP contribution in [0.5, 0.6) is 0 Å². The van der Waals surface area contributed by atoms with Gasteiger partial charge in [0.2, 0.25) is 0 Å². The summed E-state index contributed by atoms with van der Waals surface area (Å²) in [5, 5.41) is 14.0. The first-order valence-corrected chi connectivity index (χ1v) is 7.01. The molecule has 0 aliphatic rings. The van der Waals surface area contributed by atoms with E-state index in [1.165, 1.54) is 12.2 Å². The molecule has 0 fully saturated rings. The third kappa shape index (κ3) is 3.32. The molecule has 1 heterocycles. The molecule has 0 amide bonds. The standard InChI is InChI=1S/C17H20N4O/c1-4-12(15(22)5-2)17-20-14-9-7-6-8-13(14)16(21-17)19-10-11(3)18/h4-9,11,22H,1-2,10,18H2,3H3,(H,19,20,21)/b15-12-/t11-/m0/s1. The van der Waals surface area contributed by atoms with E-state index in [0.29, 0.717) is 23.8 Å². The average molecular weight is 296 g/mol. The smallest absolute Gasteiger partial charge is 0.165 e. The molecule has 5 nitrogen and oxygen atoms in total. The van der Waals surface area contributed by atoms with Crippen LogP contribution in [-0.4, -0.2) is 27.7 Å². The predicted molar refractivity (Wildman–Crippen MR) is 91.6 cm³/mol. The molecule has 2 rings (SSSR count). The molecule has 0 radical (unpaired) electrons. The second kappa shape index (κ2) is 6.87. The number of fused-ring (bicyclic) bond motifs is 1. The molecule has 114 valence electrons. The molecule has 1 aromatic carbocycles. The van der Waals surface area contributed by atoms with E-state index in [4.69, 9.17) is 5.73 Å². The second-order valence-electron chi connectivity index (χ2n) is 4.98. The number of nitrogens with zero attached hydrogens (tertiary/aromatic N) is 2. The first kappa shape index (κ1) is 15.7. The first-order chi connectivity index (χ1) is 10.6. The fraction of sp³-hybridized carbons (Fsp3) is 0.176. The molecule has 4 N–H and O–H groups in total. The molecule has 0 saturated carbocycles. The molecule has 0 aliphatic heterocycles. The van der Waals surface area contributed by atoms with Crippen molar-refractivity contribution in [3.63, 3.8) is 0 Å². The fourth-order valence-electron chi connectivity index (χ4n) is 2.01. The number of hydrogen-bond donors (Lipinski definition) is 3. The van der Waals surface area contributed by atoms with E-state index in [-0.39, 0.29) is 11.8 Å². The minimum absolute atomic E-state index is 0.00632. The van der Waals surface area contributed by atoms with Gasteiger partial charge in [0.25, 0.3) is 0 Å². The molecule has 5 heteroatoms. The lowest BCUT2D eigenvalue weighted by Gasteiger charge is -2.13. The lowest BCUT2D eigenvalue weighted by atomic mass is 10.1. The summed E-state index contributed by atoms with van der Waals surface area (Å²) >= 11 is 0. The van der Waals surface area contributed by atoms with Crippen molar-refractivity contribution in [1.29, 1.82) is 0 Å². The largest absolute Gasteiger partial charge is 0.507 e. The van der Waals surface area contributed by atoms with E-state index >= 15 is 0 Å². The van der Waals surface area contributed by atoms with Gasteiger partial charge in [-0.1, -0.05) is 31.4 Å². The zero-order valence-corrected chi connectivity index (χ0v) is 12.6. The number of rotatable bonds is 6. The van der Waals surface area contributed by atoms with Crippen molar-refractivity contribution in [2.75, 3.05) is 11.9 Å². The number of para-hydroxylation sites is 1. The fourth-order valence-corrected chi connectivity index (χ4v) is 2.01. The molecule has 22 heavy (non-hydrogen) atoms. The molecule has 1 atom stereocenters. The quantitative estimate of drug-likeness (QED) is 0.563. The number of aliphatic hydroxyl groups is 1. The lowest BCUT2D eigenvalue weighted by molar-refractivity contribution is 0.435. The summed E-state index contributed by atoms with van der Waals surface area (Å²) in [5.74, 6) is 1.05. The van der Waals surface area contributed by atoms with Crippen molar-refractivity contribution in [3.8, 4) is 0 Å². The van der Waals surface area contributed by atoms with Crippen molar-refractivity contribution >= 4 is 22.3 Å². The van der Waals surface area contributed by atoms with Gasteiger partial charge >= 0.3 is 0 Å². The Kier molecular flexibility index (Phi) is 4.91. The van der Waals surface area contributed by atoms with Gasteiger partial charge in [-0.3, -0.25) is 0 Å². The van der Waals surface area contributed by atoms with Crippen LogP contribution in [0.4, 0.5) is 5.82 Å². The third-order valence-corrected chi connectivity index (χ3v) is 3.11. The van der Waals surface area contributed by atoms with Crippen molar-refractivity contribution < 1.29 is 5.11 Å². The second-order valence-corrected chi connectivity index (χ2v) is 4.98. The molecule has 0 saturated heterocycles. The van der Waals surface area contributed by atoms with E-state index < -0.39 is 0 Å². The van der Waals surface area contributed by atoms with Crippen molar-refractivity contribution in [1.82, 2.24) is 9.97 Å². The molecule has 0 aliphatic carbocycles. The number of hydrogen-bond acceptors (Lipinski definition) is 5. The van der Waals surface area contributed by atoms with Crippen LogP contribution >= 0.6 is 0 Å². The topological polar surface area (TPSA) is 84.1 Å². The van der Waals surface area contributed by atoms with Crippen LogP contribution in [0.1, 0.15) is 12.7 Å². The lowest BCUT2D eigenvalue weighted by Crippen LogP contribution is -2.25. The Hall–Kier alpha value is -2.66. The zero-order valence-electron chi connectivity index (χ0n) is 12.6. The maximum absolute atomic E-state index is 9.92. The maximum atomic E-state index is 9.92. The maximum Gasteiger partial charge on any atom is 0.165 e. The minimum Gasteiger partial charge on any atom is -0.507 e. The number of allylic oxidation sites excluding steroid dienone is 3.